The number of aliphatic hydroxyl groups is 9. The molecular formula is C41H78O18. The Morgan fingerprint density at radius 1 is 0.390 bits per heavy atom. The zero-order chi connectivity index (χ0) is 43.4. The maximum atomic E-state index is 10.2. The lowest BCUT2D eigenvalue weighted by atomic mass is 9.92. The number of aliphatic hydroxyl groups excluding tert-OH is 9. The van der Waals surface area contributed by atoms with Crippen molar-refractivity contribution >= 4 is 0 Å². The van der Waals surface area contributed by atoms with E-state index in [1.165, 1.54) is 0 Å². The predicted octanol–water partition coefficient (Wildman–Crippen LogP) is -0.171. The van der Waals surface area contributed by atoms with E-state index in [-0.39, 0.29) is 0 Å². The van der Waals surface area contributed by atoms with E-state index < -0.39 is 117 Å². The second-order valence-electron chi connectivity index (χ2n) is 17.0. The van der Waals surface area contributed by atoms with Crippen LogP contribution in [0, 0.1) is 23.2 Å². The first-order valence-corrected chi connectivity index (χ1v) is 21.7. The summed E-state index contributed by atoms with van der Waals surface area (Å²) in [5, 5.41) is 89.2. The number of hydrogen-bond donors (Lipinski definition) is 9. The Kier molecular flexibility index (Phi) is 25.1. The van der Waals surface area contributed by atoms with Crippen LogP contribution in [0.3, 0.4) is 0 Å². The molecule has 0 bridgehead atoms. The van der Waals surface area contributed by atoms with Crippen LogP contribution >= 0.6 is 0 Å². The number of unbranched alkanes of at least 4 members (excludes halogenated alkanes) is 6. The molecule has 0 spiro atoms. The summed E-state index contributed by atoms with van der Waals surface area (Å²) >= 11 is 0. The topological polar surface area (TPSA) is 265 Å². The van der Waals surface area contributed by atoms with Crippen LogP contribution < -0.4 is 0 Å². The Balaban J connectivity index is 1.33. The van der Waals surface area contributed by atoms with E-state index in [1.54, 1.807) is 20.8 Å². The van der Waals surface area contributed by atoms with E-state index in [2.05, 4.69) is 6.92 Å². The maximum Gasteiger partial charge on any atom is 0.163 e. The van der Waals surface area contributed by atoms with Gasteiger partial charge in [-0.15, -0.1) is 0 Å². The van der Waals surface area contributed by atoms with Crippen molar-refractivity contribution in [3.63, 3.8) is 0 Å². The molecule has 3 aliphatic heterocycles. The van der Waals surface area contributed by atoms with Crippen LogP contribution in [0.4, 0.5) is 0 Å². The summed E-state index contributed by atoms with van der Waals surface area (Å²) in [4.78, 5) is 0. The Bertz CT molecular complexity index is 945. The minimum Gasteiger partial charge on any atom is -0.394 e. The third kappa shape index (κ3) is 17.1. The fourth-order valence-electron chi connectivity index (χ4n) is 7.36. The van der Waals surface area contributed by atoms with Crippen molar-refractivity contribution in [1.82, 2.24) is 0 Å². The second-order valence-corrected chi connectivity index (χ2v) is 17.0. The molecule has 3 aliphatic rings. The molecule has 9 N–H and O–H groups in total. The third-order valence-electron chi connectivity index (χ3n) is 11.6. The Labute approximate surface area is 349 Å². The van der Waals surface area contributed by atoms with Gasteiger partial charge in [0.15, 0.2) is 18.9 Å². The minimum absolute atomic E-state index is 0.398. The van der Waals surface area contributed by atoms with Gasteiger partial charge >= 0.3 is 0 Å². The molecule has 0 aromatic carbocycles. The fourth-order valence-corrected chi connectivity index (χ4v) is 7.36. The van der Waals surface area contributed by atoms with Crippen molar-refractivity contribution in [3.8, 4) is 0 Å². The minimum atomic E-state index is -1.16. The molecular weight excluding hydrogens is 780 g/mol. The van der Waals surface area contributed by atoms with E-state index in [9.17, 15) is 46.0 Å². The standard InChI is InChI=1S/C41H78O18/c1-26-32(45)35(48)29(20-42)57-38(26)54-17-11-5-8-14-51-23-41(4,24-52-15-9-6-12-18-55-39-27(2)33(46)36(49)30(21-43)58-39)25-53-16-10-7-13-19-56-40-28(3)34(47)37(50)31(22-44)59-40/h26-40,42-50H,5-25H2,1-4H3/t26?,27?,28?,29?,30?,31?,32-,33-,34-,35+,36+,37+,38-,39-,40-,41?/m1/s1. The summed E-state index contributed by atoms with van der Waals surface area (Å²) in [6, 6.07) is 0. The summed E-state index contributed by atoms with van der Waals surface area (Å²) in [5.41, 5.74) is -0.398. The first kappa shape index (κ1) is 52.6. The van der Waals surface area contributed by atoms with E-state index in [1.807, 2.05) is 0 Å². The highest BCUT2D eigenvalue weighted by molar-refractivity contribution is 4.89. The zero-order valence-corrected chi connectivity index (χ0v) is 35.7. The van der Waals surface area contributed by atoms with Gasteiger partial charge in [-0.1, -0.05) is 27.7 Å². The molecule has 0 aromatic rings. The molecule has 3 fully saturated rings. The molecule has 18 heteroatoms. The second kappa shape index (κ2) is 28.2. The summed E-state index contributed by atoms with van der Waals surface area (Å²) in [5.74, 6) is -1.29. The summed E-state index contributed by atoms with van der Waals surface area (Å²) in [6.45, 7) is 10.2. The van der Waals surface area contributed by atoms with Crippen LogP contribution in [0.1, 0.15) is 85.5 Å². The number of ether oxygens (including phenoxy) is 9. The lowest BCUT2D eigenvalue weighted by Crippen LogP contribution is -2.55. The Hall–Kier alpha value is -0.720. The normalized spacial score (nSPS) is 36.5. The highest BCUT2D eigenvalue weighted by Crippen LogP contribution is 2.29. The molecule has 3 heterocycles. The van der Waals surface area contributed by atoms with Crippen molar-refractivity contribution in [2.45, 2.75) is 159 Å². The third-order valence-corrected chi connectivity index (χ3v) is 11.6. The van der Waals surface area contributed by atoms with E-state index in [0.717, 1.165) is 57.8 Å². The van der Waals surface area contributed by atoms with Crippen LogP contribution in [0.15, 0.2) is 0 Å². The van der Waals surface area contributed by atoms with Gasteiger partial charge in [0, 0.05) is 62.8 Å². The van der Waals surface area contributed by atoms with Crippen LogP contribution in [-0.4, -0.2) is 199 Å². The maximum absolute atomic E-state index is 10.2. The largest absolute Gasteiger partial charge is 0.394 e. The molecule has 3 rings (SSSR count). The fraction of sp³-hybridized carbons (Fsp3) is 1.00. The van der Waals surface area contributed by atoms with Gasteiger partial charge in [0.25, 0.3) is 0 Å². The van der Waals surface area contributed by atoms with Gasteiger partial charge in [-0.25, -0.2) is 0 Å². The van der Waals surface area contributed by atoms with Crippen molar-refractivity contribution in [1.29, 1.82) is 0 Å². The summed E-state index contributed by atoms with van der Waals surface area (Å²) in [6.07, 6.45) is -4.15. The van der Waals surface area contributed by atoms with Gasteiger partial charge in [-0.2, -0.15) is 0 Å². The lowest BCUT2D eigenvalue weighted by Gasteiger charge is -2.40. The quantitative estimate of drug-likeness (QED) is 0.0425. The smallest absolute Gasteiger partial charge is 0.163 e. The molecule has 350 valence electrons. The molecule has 0 saturated carbocycles. The van der Waals surface area contributed by atoms with Crippen LogP contribution in [-0.2, 0) is 42.6 Å². The van der Waals surface area contributed by atoms with Crippen molar-refractivity contribution in [2.24, 2.45) is 23.2 Å². The molecule has 0 radical (unpaired) electrons. The predicted molar refractivity (Wildman–Crippen MR) is 211 cm³/mol. The first-order valence-electron chi connectivity index (χ1n) is 21.7. The van der Waals surface area contributed by atoms with Gasteiger partial charge in [0.2, 0.25) is 0 Å². The highest BCUT2D eigenvalue weighted by atomic mass is 16.7. The molecule has 59 heavy (non-hydrogen) atoms. The van der Waals surface area contributed by atoms with Crippen molar-refractivity contribution in [3.05, 3.63) is 0 Å². The lowest BCUT2D eigenvalue weighted by molar-refractivity contribution is -0.282. The molecule has 0 amide bonds. The van der Waals surface area contributed by atoms with Gasteiger partial charge < -0.3 is 88.6 Å². The molecule has 0 aromatic heterocycles. The Morgan fingerprint density at radius 3 is 0.898 bits per heavy atom. The average Bonchev–Trinajstić information content (AvgIpc) is 3.23. The molecule has 0 aliphatic carbocycles. The van der Waals surface area contributed by atoms with Gasteiger partial charge in [0.1, 0.15) is 36.6 Å². The first-order chi connectivity index (χ1) is 28.3. The van der Waals surface area contributed by atoms with Gasteiger partial charge in [0.05, 0.1) is 58.0 Å². The van der Waals surface area contributed by atoms with Crippen LogP contribution in [0.25, 0.3) is 0 Å². The van der Waals surface area contributed by atoms with Crippen molar-refractivity contribution in [2.75, 3.05) is 79.3 Å². The number of rotatable bonds is 30. The molecule has 3 saturated heterocycles. The summed E-state index contributed by atoms with van der Waals surface area (Å²) < 4.78 is 52.7. The zero-order valence-electron chi connectivity index (χ0n) is 35.7. The average molecular weight is 859 g/mol. The molecule has 6 unspecified atom stereocenters. The van der Waals surface area contributed by atoms with Gasteiger partial charge in [-0.05, 0) is 57.8 Å². The van der Waals surface area contributed by atoms with Crippen molar-refractivity contribution < 1.29 is 88.6 Å². The van der Waals surface area contributed by atoms with E-state index >= 15 is 0 Å². The Morgan fingerprint density at radius 2 is 0.644 bits per heavy atom. The summed E-state index contributed by atoms with van der Waals surface area (Å²) in [7, 11) is 0. The highest BCUT2D eigenvalue weighted by Gasteiger charge is 2.44. The number of hydrogen-bond acceptors (Lipinski definition) is 18. The molecule has 15 atom stereocenters. The van der Waals surface area contributed by atoms with E-state index in [0.29, 0.717) is 59.5 Å². The monoisotopic (exact) mass is 859 g/mol. The van der Waals surface area contributed by atoms with Crippen LogP contribution in [0.2, 0.25) is 0 Å². The SMILES string of the molecule is CC1[C@H](OCCCCCOCC(C)(COCCCCCO[C@@H]2OC(CO)[C@H](O)[C@H](O)C2C)COCCCCCO[C@@H]2OC(CO)[C@H](O)[C@H](O)C2C)OC(CO)[C@H](O)[C@@H]1O. The van der Waals surface area contributed by atoms with Crippen LogP contribution in [0.5, 0.6) is 0 Å². The molecule has 18 nitrogen and oxygen atoms in total. The van der Waals surface area contributed by atoms with Gasteiger partial charge in [-0.3, -0.25) is 0 Å². The van der Waals surface area contributed by atoms with E-state index in [4.69, 9.17) is 42.6 Å².